The normalized spacial score (nSPS) is 13.5. The van der Waals surface area contributed by atoms with E-state index in [0.29, 0.717) is 5.56 Å². The van der Waals surface area contributed by atoms with Crippen LogP contribution in [0.5, 0.6) is 11.5 Å². The van der Waals surface area contributed by atoms with Crippen LogP contribution in [0.25, 0.3) is 0 Å². The molecule has 1 aliphatic heterocycles. The van der Waals surface area contributed by atoms with Crippen molar-refractivity contribution in [2.24, 2.45) is 0 Å². The minimum atomic E-state index is -4.64. The van der Waals surface area contributed by atoms with E-state index in [1.165, 1.54) is 0 Å². The molecule has 1 aliphatic rings. The number of hydrogen-bond acceptors (Lipinski definition) is 5. The molecule has 0 amide bonds. The van der Waals surface area contributed by atoms with E-state index in [4.69, 9.17) is 24.0 Å². The van der Waals surface area contributed by atoms with Crippen LogP contribution in [-0.4, -0.2) is 90.0 Å². The van der Waals surface area contributed by atoms with Crippen LogP contribution >= 0.6 is 7.82 Å². The molecular formula is C20H19Na2O8P. The third kappa shape index (κ3) is 6.43. The summed E-state index contributed by atoms with van der Waals surface area (Å²) in [6.07, 6.45) is 0. The summed E-state index contributed by atoms with van der Waals surface area (Å²) in [4.78, 5) is 34.0. The topological polar surface area (TPSA) is 145 Å². The molecule has 154 valence electrons. The van der Waals surface area contributed by atoms with Gasteiger partial charge in [-0.2, -0.15) is 0 Å². The first-order valence-corrected chi connectivity index (χ1v) is 9.88. The number of aromatic hydroxyl groups is 2. The number of phosphoric acid groups is 1. The Labute approximate surface area is 222 Å². The summed E-state index contributed by atoms with van der Waals surface area (Å²) in [5, 5.41) is 19.2. The summed E-state index contributed by atoms with van der Waals surface area (Å²) in [5.74, 6) is -0.124. The van der Waals surface area contributed by atoms with E-state index in [1.807, 2.05) is 12.1 Å². The molecule has 5 N–H and O–H groups in total. The molecule has 4 rings (SSSR count). The minimum absolute atomic E-state index is 0. The van der Waals surface area contributed by atoms with E-state index in [0.717, 1.165) is 16.7 Å². The third-order valence-electron chi connectivity index (χ3n) is 4.32. The zero-order valence-electron chi connectivity index (χ0n) is 14.8. The van der Waals surface area contributed by atoms with Crippen molar-refractivity contribution in [3.05, 3.63) is 95.1 Å². The second kappa shape index (κ2) is 11.1. The number of phenols is 2. The van der Waals surface area contributed by atoms with Crippen LogP contribution in [0.15, 0.2) is 72.8 Å². The second-order valence-electron chi connectivity index (χ2n) is 6.22. The van der Waals surface area contributed by atoms with Gasteiger partial charge in [0.2, 0.25) is 0 Å². The molecular weight excluding hydrogens is 445 g/mol. The molecule has 0 atom stereocenters. The predicted molar refractivity (Wildman–Crippen MR) is 117 cm³/mol. The van der Waals surface area contributed by atoms with Gasteiger partial charge in [0.05, 0.1) is 5.56 Å². The first kappa shape index (κ1) is 27.9. The molecule has 0 fully saturated rings. The van der Waals surface area contributed by atoms with Gasteiger partial charge in [0.25, 0.3) is 0 Å². The zero-order chi connectivity index (χ0) is 21.2. The Morgan fingerprint density at radius 3 is 1.52 bits per heavy atom. The number of hydrogen-bond donors (Lipinski definition) is 5. The van der Waals surface area contributed by atoms with Crippen molar-refractivity contribution < 1.29 is 39.0 Å². The quantitative estimate of drug-likeness (QED) is 0.217. The van der Waals surface area contributed by atoms with Crippen molar-refractivity contribution >= 4 is 72.9 Å². The fourth-order valence-corrected chi connectivity index (χ4v) is 3.20. The molecule has 0 bridgehead atoms. The number of fused-ring (bicyclic) bond motifs is 1. The fraction of sp³-hybridized carbons (Fsp3) is 0.0500. The van der Waals surface area contributed by atoms with Crippen LogP contribution in [0, 0.1) is 0 Å². The summed E-state index contributed by atoms with van der Waals surface area (Å²) < 4.78 is 14.8. The monoisotopic (exact) mass is 464 g/mol. The predicted octanol–water partition coefficient (Wildman–Crippen LogP) is 1.33. The van der Waals surface area contributed by atoms with E-state index < -0.39 is 19.4 Å². The maximum absolute atomic E-state index is 12.4. The molecule has 0 saturated heterocycles. The average Bonchev–Trinajstić information content (AvgIpc) is 2.96. The molecule has 0 saturated carbocycles. The number of esters is 1. The van der Waals surface area contributed by atoms with Gasteiger partial charge in [0.1, 0.15) is 11.5 Å². The molecule has 3 aromatic rings. The standard InChI is InChI=1S/C20H14O4.2Na.H3O4P.2H/c21-15-9-5-13(6-10-15)20(14-7-11-16(22)12-8-14)18-4-2-1-3-17(18)19(23)24-20;;;1-5(2,3)4;;/h1-12,21-22H;;;(H3,1,2,3,4);;. The Bertz CT molecular complexity index is 1030. The van der Waals surface area contributed by atoms with Crippen molar-refractivity contribution in [1.29, 1.82) is 0 Å². The molecule has 0 aliphatic carbocycles. The maximum atomic E-state index is 12.4. The van der Waals surface area contributed by atoms with Crippen LogP contribution in [0.1, 0.15) is 27.0 Å². The number of benzene rings is 3. The van der Waals surface area contributed by atoms with Gasteiger partial charge in [-0.05, 0) is 30.3 Å². The molecule has 31 heavy (non-hydrogen) atoms. The summed E-state index contributed by atoms with van der Waals surface area (Å²) in [6.45, 7) is 0. The van der Waals surface area contributed by atoms with Gasteiger partial charge in [-0.15, -0.1) is 0 Å². The Hall–Kier alpha value is -1.16. The summed E-state index contributed by atoms with van der Waals surface area (Å²) >= 11 is 0. The van der Waals surface area contributed by atoms with Crippen LogP contribution in [0.4, 0.5) is 0 Å². The molecule has 0 unspecified atom stereocenters. The van der Waals surface area contributed by atoms with Gasteiger partial charge in [-0.25, -0.2) is 9.36 Å². The summed E-state index contributed by atoms with van der Waals surface area (Å²) in [7, 11) is -4.64. The van der Waals surface area contributed by atoms with Crippen molar-refractivity contribution in [2.45, 2.75) is 5.60 Å². The summed E-state index contributed by atoms with van der Waals surface area (Å²) in [5.41, 5.74) is 1.60. The number of ether oxygens (including phenoxy) is 1. The van der Waals surface area contributed by atoms with Crippen molar-refractivity contribution in [2.75, 3.05) is 0 Å². The number of rotatable bonds is 2. The van der Waals surface area contributed by atoms with Gasteiger partial charge in [0.15, 0.2) is 5.60 Å². The molecule has 11 heteroatoms. The molecule has 0 radical (unpaired) electrons. The van der Waals surface area contributed by atoms with E-state index in [9.17, 15) is 15.0 Å². The molecule has 0 aromatic heterocycles. The van der Waals surface area contributed by atoms with Gasteiger partial charge < -0.3 is 29.6 Å². The Morgan fingerprint density at radius 1 is 0.710 bits per heavy atom. The third-order valence-corrected chi connectivity index (χ3v) is 4.32. The number of carbonyl (C=O) groups is 1. The van der Waals surface area contributed by atoms with Crippen molar-refractivity contribution in [3.63, 3.8) is 0 Å². The van der Waals surface area contributed by atoms with Gasteiger partial charge in [-0.1, -0.05) is 42.5 Å². The number of phenolic OH excluding ortho intramolecular Hbond substituents is 2. The second-order valence-corrected chi connectivity index (χ2v) is 7.25. The Morgan fingerprint density at radius 2 is 1.10 bits per heavy atom. The van der Waals surface area contributed by atoms with Gasteiger partial charge in [0, 0.05) is 16.7 Å². The van der Waals surface area contributed by atoms with Crippen molar-refractivity contribution in [3.8, 4) is 11.5 Å². The van der Waals surface area contributed by atoms with E-state index in [1.54, 1.807) is 60.7 Å². The Balaban J connectivity index is 0.000000622. The first-order chi connectivity index (χ1) is 13.6. The van der Waals surface area contributed by atoms with E-state index in [2.05, 4.69) is 0 Å². The zero-order valence-corrected chi connectivity index (χ0v) is 15.7. The summed E-state index contributed by atoms with van der Waals surface area (Å²) in [6, 6.07) is 20.4. The van der Waals surface area contributed by atoms with Crippen LogP contribution in [0.2, 0.25) is 0 Å². The SMILES string of the molecule is O=C1OC(c2ccc(O)cc2)(c2ccc(O)cc2)c2ccccc21.O=P(O)(O)O.[NaH].[NaH]. The molecule has 3 aromatic carbocycles. The van der Waals surface area contributed by atoms with E-state index >= 15 is 0 Å². The van der Waals surface area contributed by atoms with E-state index in [-0.39, 0.29) is 70.6 Å². The first-order valence-electron chi connectivity index (χ1n) is 8.31. The molecule has 8 nitrogen and oxygen atoms in total. The fourth-order valence-electron chi connectivity index (χ4n) is 3.20. The number of cyclic esters (lactones) is 1. The van der Waals surface area contributed by atoms with Crippen LogP contribution in [-0.2, 0) is 14.9 Å². The number of carbonyl (C=O) groups excluding carboxylic acids is 1. The average molecular weight is 464 g/mol. The Kier molecular flexibility index (Phi) is 10.00. The van der Waals surface area contributed by atoms with Crippen LogP contribution < -0.4 is 0 Å². The van der Waals surface area contributed by atoms with Gasteiger partial charge in [-0.3, -0.25) is 0 Å². The van der Waals surface area contributed by atoms with Gasteiger partial charge >= 0.3 is 72.9 Å². The van der Waals surface area contributed by atoms with Crippen LogP contribution in [0.3, 0.4) is 0 Å². The molecule has 0 spiro atoms. The molecule has 1 heterocycles. The van der Waals surface area contributed by atoms with Crippen molar-refractivity contribution in [1.82, 2.24) is 0 Å².